The number of amides is 2. The van der Waals surface area contributed by atoms with Crippen molar-refractivity contribution >= 4 is 23.5 Å². The predicted octanol–water partition coefficient (Wildman–Crippen LogP) is 1.63. The minimum atomic E-state index is -0.651. The molecule has 8 heteroatoms. The number of esters is 1. The van der Waals surface area contributed by atoms with Gasteiger partial charge < -0.3 is 24.6 Å². The summed E-state index contributed by atoms with van der Waals surface area (Å²) in [6, 6.07) is 14.8. The van der Waals surface area contributed by atoms with Crippen molar-refractivity contribution in [1.82, 2.24) is 10.2 Å². The molecule has 31 heavy (non-hydrogen) atoms. The highest BCUT2D eigenvalue weighted by atomic mass is 16.5. The highest BCUT2D eigenvalue weighted by Gasteiger charge is 2.23. The third-order valence-electron chi connectivity index (χ3n) is 5.09. The first-order chi connectivity index (χ1) is 15.0. The minimum Gasteiger partial charge on any atom is -0.495 e. The first kappa shape index (κ1) is 22.1. The summed E-state index contributed by atoms with van der Waals surface area (Å²) in [4.78, 5) is 40.2. The zero-order valence-electron chi connectivity index (χ0n) is 17.8. The van der Waals surface area contributed by atoms with E-state index in [2.05, 4.69) is 10.2 Å². The number of methoxy groups -OCH3 is 1. The van der Waals surface area contributed by atoms with E-state index in [0.29, 0.717) is 31.7 Å². The van der Waals surface area contributed by atoms with Crippen LogP contribution < -0.4 is 15.0 Å². The van der Waals surface area contributed by atoms with Crippen molar-refractivity contribution in [2.24, 2.45) is 0 Å². The third kappa shape index (κ3) is 5.97. The van der Waals surface area contributed by atoms with Crippen molar-refractivity contribution in [2.75, 3.05) is 51.3 Å². The molecular weight excluding hydrogens is 398 g/mol. The van der Waals surface area contributed by atoms with Gasteiger partial charge in [-0.3, -0.25) is 14.4 Å². The van der Waals surface area contributed by atoms with E-state index in [1.807, 2.05) is 37.3 Å². The number of nitrogens with zero attached hydrogens (tertiary/aromatic N) is 2. The van der Waals surface area contributed by atoms with E-state index < -0.39 is 5.97 Å². The van der Waals surface area contributed by atoms with Gasteiger partial charge in [0.2, 0.25) is 0 Å². The van der Waals surface area contributed by atoms with Crippen molar-refractivity contribution in [2.45, 2.75) is 6.92 Å². The van der Waals surface area contributed by atoms with Crippen LogP contribution in [0.15, 0.2) is 48.5 Å². The van der Waals surface area contributed by atoms with Crippen molar-refractivity contribution in [3.05, 3.63) is 59.7 Å². The number of aryl methyl sites for hydroxylation is 1. The average Bonchev–Trinajstić information content (AvgIpc) is 2.81. The highest BCUT2D eigenvalue weighted by molar-refractivity contribution is 5.96. The van der Waals surface area contributed by atoms with E-state index in [1.165, 1.54) is 0 Å². The number of hydrogen-bond acceptors (Lipinski definition) is 6. The molecule has 1 saturated heterocycles. The lowest BCUT2D eigenvalue weighted by Crippen LogP contribution is -2.50. The van der Waals surface area contributed by atoms with Gasteiger partial charge in [-0.1, -0.05) is 29.8 Å². The molecule has 0 aliphatic carbocycles. The zero-order chi connectivity index (χ0) is 22.2. The van der Waals surface area contributed by atoms with Gasteiger partial charge in [0.05, 0.1) is 12.8 Å². The van der Waals surface area contributed by atoms with Crippen LogP contribution in [0.25, 0.3) is 0 Å². The second kappa shape index (κ2) is 10.5. The monoisotopic (exact) mass is 425 g/mol. The standard InChI is InChI=1S/C23H27N3O5/c1-17-6-5-7-18(14-17)23(29)24-15-22(28)31-16-21(27)26-12-10-25(11-13-26)19-8-3-4-9-20(19)30-2/h3-9,14H,10-13,15-16H2,1-2H3,(H,24,29). The molecule has 0 spiro atoms. The number of piperazine rings is 1. The quantitative estimate of drug-likeness (QED) is 0.679. The molecule has 2 aromatic rings. The Balaban J connectivity index is 1.40. The second-order valence-corrected chi connectivity index (χ2v) is 7.25. The van der Waals surface area contributed by atoms with Crippen LogP contribution in [0.1, 0.15) is 15.9 Å². The molecule has 164 valence electrons. The number of anilines is 1. The molecule has 2 aromatic carbocycles. The normalized spacial score (nSPS) is 13.5. The summed E-state index contributed by atoms with van der Waals surface area (Å²) in [5.74, 6) is -0.469. The van der Waals surface area contributed by atoms with Gasteiger partial charge in [0.25, 0.3) is 11.8 Å². The second-order valence-electron chi connectivity index (χ2n) is 7.25. The Morgan fingerprint density at radius 3 is 2.45 bits per heavy atom. The van der Waals surface area contributed by atoms with Crippen molar-refractivity contribution < 1.29 is 23.9 Å². The molecule has 8 nitrogen and oxygen atoms in total. The topological polar surface area (TPSA) is 88.2 Å². The van der Waals surface area contributed by atoms with E-state index in [1.54, 1.807) is 30.2 Å². The van der Waals surface area contributed by atoms with E-state index >= 15 is 0 Å². The molecular formula is C23H27N3O5. The molecule has 0 bridgehead atoms. The number of nitrogens with one attached hydrogen (secondary N) is 1. The molecule has 0 atom stereocenters. The van der Waals surface area contributed by atoms with Crippen LogP contribution in [0.2, 0.25) is 0 Å². The van der Waals surface area contributed by atoms with E-state index in [9.17, 15) is 14.4 Å². The number of para-hydroxylation sites is 2. The lowest BCUT2D eigenvalue weighted by molar-refractivity contribution is -0.151. The summed E-state index contributed by atoms with van der Waals surface area (Å²) >= 11 is 0. The van der Waals surface area contributed by atoms with Crippen LogP contribution in [-0.4, -0.2) is 69.1 Å². The fourth-order valence-electron chi connectivity index (χ4n) is 3.41. The highest BCUT2D eigenvalue weighted by Crippen LogP contribution is 2.28. The summed E-state index contributed by atoms with van der Waals surface area (Å²) < 4.78 is 10.4. The minimum absolute atomic E-state index is 0.252. The van der Waals surface area contributed by atoms with Crippen LogP contribution in [0.4, 0.5) is 5.69 Å². The molecule has 1 aliphatic heterocycles. The maximum absolute atomic E-state index is 12.4. The van der Waals surface area contributed by atoms with Crippen LogP contribution in [0.3, 0.4) is 0 Å². The first-order valence-corrected chi connectivity index (χ1v) is 10.1. The Kier molecular flexibility index (Phi) is 7.48. The largest absolute Gasteiger partial charge is 0.495 e. The molecule has 2 amide bonds. The SMILES string of the molecule is COc1ccccc1N1CCN(C(=O)COC(=O)CNC(=O)c2cccc(C)c2)CC1. The Morgan fingerprint density at radius 1 is 1.00 bits per heavy atom. The van der Waals surface area contributed by atoms with E-state index in [0.717, 1.165) is 17.0 Å². The maximum atomic E-state index is 12.4. The van der Waals surface area contributed by atoms with Crippen LogP contribution >= 0.6 is 0 Å². The molecule has 0 radical (unpaired) electrons. The van der Waals surface area contributed by atoms with Crippen LogP contribution in [0.5, 0.6) is 5.75 Å². The number of carbonyl (C=O) groups is 3. The van der Waals surface area contributed by atoms with Gasteiger partial charge in [0, 0.05) is 31.7 Å². The molecule has 3 rings (SSSR count). The summed E-state index contributed by atoms with van der Waals surface area (Å²) in [5, 5.41) is 2.51. The molecule has 1 fully saturated rings. The number of ether oxygens (including phenoxy) is 2. The van der Waals surface area contributed by atoms with Crippen LogP contribution in [-0.2, 0) is 14.3 Å². The van der Waals surface area contributed by atoms with Gasteiger partial charge in [0.15, 0.2) is 6.61 Å². The predicted molar refractivity (Wildman–Crippen MR) is 116 cm³/mol. The Labute approximate surface area is 181 Å². The van der Waals surface area contributed by atoms with Gasteiger partial charge in [-0.25, -0.2) is 0 Å². The Bertz CT molecular complexity index is 938. The first-order valence-electron chi connectivity index (χ1n) is 10.1. The van der Waals surface area contributed by atoms with E-state index in [-0.39, 0.29) is 25.0 Å². The number of carbonyl (C=O) groups excluding carboxylic acids is 3. The molecule has 0 unspecified atom stereocenters. The number of rotatable bonds is 7. The van der Waals surface area contributed by atoms with Gasteiger partial charge in [-0.15, -0.1) is 0 Å². The van der Waals surface area contributed by atoms with Crippen molar-refractivity contribution in [3.8, 4) is 5.75 Å². The van der Waals surface area contributed by atoms with Crippen molar-refractivity contribution in [1.29, 1.82) is 0 Å². The third-order valence-corrected chi connectivity index (χ3v) is 5.09. The van der Waals surface area contributed by atoms with Gasteiger partial charge in [-0.2, -0.15) is 0 Å². The number of benzene rings is 2. The Morgan fingerprint density at radius 2 is 1.74 bits per heavy atom. The average molecular weight is 425 g/mol. The molecule has 1 heterocycles. The summed E-state index contributed by atoms with van der Waals surface area (Å²) in [5.41, 5.74) is 2.41. The summed E-state index contributed by atoms with van der Waals surface area (Å²) in [6.07, 6.45) is 0. The fraction of sp³-hybridized carbons (Fsp3) is 0.348. The van der Waals surface area contributed by atoms with Crippen LogP contribution in [0, 0.1) is 6.92 Å². The summed E-state index contributed by atoms with van der Waals surface area (Å²) in [6.45, 7) is 3.62. The lowest BCUT2D eigenvalue weighted by Gasteiger charge is -2.36. The Hall–Kier alpha value is -3.55. The maximum Gasteiger partial charge on any atom is 0.325 e. The van der Waals surface area contributed by atoms with Gasteiger partial charge in [-0.05, 0) is 31.2 Å². The summed E-state index contributed by atoms with van der Waals surface area (Å²) in [7, 11) is 1.64. The van der Waals surface area contributed by atoms with Gasteiger partial charge >= 0.3 is 5.97 Å². The molecule has 1 aliphatic rings. The molecule has 0 aromatic heterocycles. The fourth-order valence-corrected chi connectivity index (χ4v) is 3.41. The molecule has 1 N–H and O–H groups in total. The zero-order valence-corrected chi connectivity index (χ0v) is 17.8. The number of hydrogen-bond donors (Lipinski definition) is 1. The molecule has 0 saturated carbocycles. The van der Waals surface area contributed by atoms with Crippen molar-refractivity contribution in [3.63, 3.8) is 0 Å². The smallest absolute Gasteiger partial charge is 0.325 e. The van der Waals surface area contributed by atoms with Gasteiger partial charge in [0.1, 0.15) is 12.3 Å². The van der Waals surface area contributed by atoms with E-state index in [4.69, 9.17) is 9.47 Å². The lowest BCUT2D eigenvalue weighted by atomic mass is 10.1.